The van der Waals surface area contributed by atoms with E-state index in [1.807, 2.05) is 0 Å². The Balaban J connectivity index is 2.06. The van der Waals surface area contributed by atoms with Crippen LogP contribution in [0.4, 0.5) is 9.80 Å². The molecule has 0 saturated heterocycles. The van der Waals surface area contributed by atoms with Gasteiger partial charge in [-0.3, -0.25) is 14.9 Å². The van der Waals surface area contributed by atoms with E-state index in [1.54, 1.807) is 29.6 Å². The summed E-state index contributed by atoms with van der Waals surface area (Å²) in [7, 11) is 1.16. The molecule has 1 heterocycles. The van der Waals surface area contributed by atoms with Crippen LogP contribution >= 0.6 is 11.3 Å². The second-order valence-electron chi connectivity index (χ2n) is 5.29. The summed E-state index contributed by atoms with van der Waals surface area (Å²) < 4.78 is 9.99. The first-order valence-electron chi connectivity index (χ1n) is 8.06. The number of amides is 3. The van der Waals surface area contributed by atoms with E-state index in [1.165, 1.54) is 17.4 Å². The van der Waals surface area contributed by atoms with Gasteiger partial charge in [0, 0.05) is 5.56 Å². The van der Waals surface area contributed by atoms with Gasteiger partial charge < -0.3 is 14.8 Å². The molecule has 138 valence electrons. The number of anilines is 1. The fourth-order valence-electron chi connectivity index (χ4n) is 2.03. The molecule has 2 rings (SSSR count). The van der Waals surface area contributed by atoms with Crippen LogP contribution < -0.4 is 15.4 Å². The minimum Gasteiger partial charge on any atom is -0.494 e. The van der Waals surface area contributed by atoms with Crippen LogP contribution in [0.5, 0.6) is 5.75 Å². The highest BCUT2D eigenvalue weighted by Gasteiger charge is 2.18. The van der Waals surface area contributed by atoms with Gasteiger partial charge in [0.15, 0.2) is 0 Å². The largest absolute Gasteiger partial charge is 0.494 e. The number of unbranched alkanes of at least 4 members (excludes halogenated alkanes) is 1. The number of ether oxygens (including phenoxy) is 2. The van der Waals surface area contributed by atoms with Gasteiger partial charge in [0.2, 0.25) is 0 Å². The second-order valence-corrected chi connectivity index (χ2v) is 6.21. The van der Waals surface area contributed by atoms with Crippen molar-refractivity contribution in [2.75, 3.05) is 19.0 Å². The molecule has 7 nitrogen and oxygen atoms in total. The van der Waals surface area contributed by atoms with Gasteiger partial charge in [-0.25, -0.2) is 4.79 Å². The van der Waals surface area contributed by atoms with Gasteiger partial charge in [0.05, 0.1) is 19.3 Å². The topological polar surface area (TPSA) is 93.7 Å². The maximum absolute atomic E-state index is 12.5. The number of carbonyl (C=O) groups excluding carboxylic acids is 3. The van der Waals surface area contributed by atoms with Gasteiger partial charge in [-0.05, 0) is 36.1 Å². The van der Waals surface area contributed by atoms with E-state index < -0.39 is 12.0 Å². The first-order chi connectivity index (χ1) is 12.5. The van der Waals surface area contributed by atoms with E-state index in [0.29, 0.717) is 22.9 Å². The van der Waals surface area contributed by atoms with E-state index in [2.05, 4.69) is 22.3 Å². The normalized spacial score (nSPS) is 10.1. The molecule has 0 atom stereocenters. The van der Waals surface area contributed by atoms with Crippen molar-refractivity contribution in [3.63, 3.8) is 0 Å². The van der Waals surface area contributed by atoms with Gasteiger partial charge in [0.1, 0.15) is 10.8 Å². The Labute approximate surface area is 155 Å². The average Bonchev–Trinajstić information content (AvgIpc) is 3.10. The Bertz CT molecular complexity index is 787. The highest BCUT2D eigenvalue weighted by atomic mass is 32.1. The Morgan fingerprint density at radius 3 is 2.69 bits per heavy atom. The van der Waals surface area contributed by atoms with Crippen LogP contribution in [0.2, 0.25) is 0 Å². The third kappa shape index (κ3) is 5.32. The van der Waals surface area contributed by atoms with Crippen molar-refractivity contribution in [2.45, 2.75) is 19.8 Å². The minimum atomic E-state index is -0.865. The third-order valence-electron chi connectivity index (χ3n) is 3.40. The summed E-state index contributed by atoms with van der Waals surface area (Å²) in [6.07, 6.45) is 1.09. The number of hydrogen-bond acceptors (Lipinski definition) is 6. The fraction of sp³-hybridized carbons (Fsp3) is 0.278. The summed E-state index contributed by atoms with van der Waals surface area (Å²) in [4.78, 5) is 35.7. The Hall–Kier alpha value is -2.87. The highest BCUT2D eigenvalue weighted by molar-refractivity contribution is 7.14. The predicted octanol–water partition coefficient (Wildman–Crippen LogP) is 3.68. The molecule has 8 heteroatoms. The van der Waals surface area contributed by atoms with Crippen molar-refractivity contribution in [3.8, 4) is 5.75 Å². The first kappa shape index (κ1) is 19.5. The molecule has 0 spiro atoms. The van der Waals surface area contributed by atoms with Crippen LogP contribution in [0.25, 0.3) is 0 Å². The van der Waals surface area contributed by atoms with E-state index in [4.69, 9.17) is 4.74 Å². The van der Waals surface area contributed by atoms with Crippen LogP contribution in [0.3, 0.4) is 0 Å². The van der Waals surface area contributed by atoms with Crippen molar-refractivity contribution in [1.82, 2.24) is 5.32 Å². The van der Waals surface area contributed by atoms with E-state index in [0.717, 1.165) is 20.0 Å². The molecule has 1 aromatic heterocycles. The fourth-order valence-corrected chi connectivity index (χ4v) is 2.81. The van der Waals surface area contributed by atoms with Crippen molar-refractivity contribution in [2.24, 2.45) is 0 Å². The lowest BCUT2D eigenvalue weighted by atomic mass is 10.2. The molecule has 0 aliphatic heterocycles. The van der Waals surface area contributed by atoms with Gasteiger partial charge in [-0.15, -0.1) is 11.3 Å². The first-order valence-corrected chi connectivity index (χ1v) is 8.94. The lowest BCUT2D eigenvalue weighted by Gasteiger charge is -2.09. The number of rotatable bonds is 7. The summed E-state index contributed by atoms with van der Waals surface area (Å²) in [6.45, 7) is 2.66. The standard InChI is InChI=1S/C18H20N2O5S/c1-3-4-9-25-13-7-5-6-12(11-13)15(21)19-17-14(8-10-26-17)16(22)20-18(23)24-2/h5-8,10-11H,3-4,9H2,1-2H3,(H,19,21)(H,20,22,23). The van der Waals surface area contributed by atoms with Crippen molar-refractivity contribution in [3.05, 3.63) is 46.8 Å². The molecule has 1 aromatic carbocycles. The molecule has 26 heavy (non-hydrogen) atoms. The van der Waals surface area contributed by atoms with E-state index in [-0.39, 0.29) is 11.5 Å². The zero-order valence-corrected chi connectivity index (χ0v) is 15.4. The van der Waals surface area contributed by atoms with Crippen LogP contribution in [0, 0.1) is 0 Å². The summed E-state index contributed by atoms with van der Waals surface area (Å²) >= 11 is 1.18. The molecule has 2 aromatic rings. The number of hydrogen-bond donors (Lipinski definition) is 2. The van der Waals surface area contributed by atoms with Crippen LogP contribution in [-0.4, -0.2) is 31.6 Å². The van der Waals surface area contributed by atoms with Crippen molar-refractivity contribution in [1.29, 1.82) is 0 Å². The zero-order chi connectivity index (χ0) is 18.9. The summed E-state index contributed by atoms with van der Waals surface area (Å²) in [5, 5.41) is 6.73. The second kappa shape index (κ2) is 9.57. The molecule has 2 N–H and O–H groups in total. The lowest BCUT2D eigenvalue weighted by molar-refractivity contribution is 0.0938. The quantitative estimate of drug-likeness (QED) is 0.719. The van der Waals surface area contributed by atoms with E-state index >= 15 is 0 Å². The SMILES string of the molecule is CCCCOc1cccc(C(=O)Nc2sccc2C(=O)NC(=O)OC)c1. The maximum Gasteiger partial charge on any atom is 0.413 e. The molecule has 3 amide bonds. The Kier molecular flexibility index (Phi) is 7.16. The molecule has 0 saturated carbocycles. The van der Waals surface area contributed by atoms with Crippen molar-refractivity contribution < 1.29 is 23.9 Å². The minimum absolute atomic E-state index is 0.184. The maximum atomic E-state index is 12.5. The molecule has 0 bridgehead atoms. The summed E-state index contributed by atoms with van der Waals surface area (Å²) in [5.41, 5.74) is 0.593. The Morgan fingerprint density at radius 2 is 1.96 bits per heavy atom. The summed E-state index contributed by atoms with van der Waals surface area (Å²) in [6, 6.07) is 8.34. The smallest absolute Gasteiger partial charge is 0.413 e. The zero-order valence-electron chi connectivity index (χ0n) is 14.5. The average molecular weight is 376 g/mol. The number of nitrogens with one attached hydrogen (secondary N) is 2. The number of alkyl carbamates (subject to hydrolysis) is 1. The van der Waals surface area contributed by atoms with Crippen LogP contribution in [-0.2, 0) is 4.74 Å². The molecular weight excluding hydrogens is 356 g/mol. The number of benzene rings is 1. The molecule has 0 aliphatic rings. The van der Waals surface area contributed by atoms with Crippen LogP contribution in [0.1, 0.15) is 40.5 Å². The van der Waals surface area contributed by atoms with Crippen molar-refractivity contribution >= 4 is 34.2 Å². The molecule has 0 fully saturated rings. The Morgan fingerprint density at radius 1 is 1.15 bits per heavy atom. The number of imide groups is 1. The molecule has 0 aliphatic carbocycles. The summed E-state index contributed by atoms with van der Waals surface area (Å²) in [5.74, 6) is -0.411. The van der Waals surface area contributed by atoms with E-state index in [9.17, 15) is 14.4 Å². The lowest BCUT2D eigenvalue weighted by Crippen LogP contribution is -2.30. The number of methoxy groups -OCH3 is 1. The van der Waals surface area contributed by atoms with Gasteiger partial charge >= 0.3 is 6.09 Å². The van der Waals surface area contributed by atoms with Gasteiger partial charge in [0.25, 0.3) is 11.8 Å². The molecular formula is C18H20N2O5S. The number of thiophene rings is 1. The van der Waals surface area contributed by atoms with Gasteiger partial charge in [-0.1, -0.05) is 19.4 Å². The number of carbonyl (C=O) groups is 3. The third-order valence-corrected chi connectivity index (χ3v) is 4.23. The molecule has 0 radical (unpaired) electrons. The monoisotopic (exact) mass is 376 g/mol. The van der Waals surface area contributed by atoms with Crippen LogP contribution in [0.15, 0.2) is 35.7 Å². The predicted molar refractivity (Wildman–Crippen MR) is 99.0 cm³/mol. The highest BCUT2D eigenvalue weighted by Crippen LogP contribution is 2.24. The molecule has 0 unspecified atom stereocenters. The van der Waals surface area contributed by atoms with Gasteiger partial charge in [-0.2, -0.15) is 0 Å².